The van der Waals surface area contributed by atoms with Crippen LogP contribution >= 0.6 is 0 Å². The largest absolute Gasteiger partial charge is 0.493 e. The van der Waals surface area contributed by atoms with E-state index in [9.17, 15) is 14.7 Å². The number of fused-ring (bicyclic) bond motifs is 1. The fourth-order valence-electron chi connectivity index (χ4n) is 3.27. The zero-order valence-corrected chi connectivity index (χ0v) is 17.9. The molecule has 7 heteroatoms. The number of hydrogen-bond donors (Lipinski definition) is 2. The number of nitrogens with zero attached hydrogens (tertiary/aromatic N) is 3. The monoisotopic (exact) mass is 420 g/mol. The number of hydrogen-bond acceptors (Lipinski definition) is 4. The summed E-state index contributed by atoms with van der Waals surface area (Å²) in [6.45, 7) is 5.29. The molecule has 2 amide bonds. The van der Waals surface area contributed by atoms with Gasteiger partial charge in [-0.05, 0) is 37.0 Å². The van der Waals surface area contributed by atoms with Gasteiger partial charge in [-0.2, -0.15) is 0 Å². The van der Waals surface area contributed by atoms with Crippen molar-refractivity contribution in [3.8, 4) is 5.88 Å². The summed E-state index contributed by atoms with van der Waals surface area (Å²) in [5.74, 6) is -0.0516. The van der Waals surface area contributed by atoms with Crippen LogP contribution in [0.4, 0.5) is 5.69 Å². The third-order valence-corrected chi connectivity index (χ3v) is 5.00. The first-order valence-electron chi connectivity index (χ1n) is 10.6. The lowest BCUT2D eigenvalue weighted by molar-refractivity contribution is -0.118. The molecule has 0 saturated heterocycles. The molecular weight excluding hydrogens is 392 g/mol. The molecule has 0 radical (unpaired) electrons. The van der Waals surface area contributed by atoms with E-state index < -0.39 is 5.91 Å². The number of aromatic nitrogens is 1. The number of benzene rings is 2. The smallest absolute Gasteiger partial charge is 0.264 e. The van der Waals surface area contributed by atoms with Gasteiger partial charge in [0.2, 0.25) is 5.88 Å². The molecule has 2 N–H and O–H groups in total. The predicted octanol–water partition coefficient (Wildman–Crippen LogP) is 5.21. The second-order valence-electron chi connectivity index (χ2n) is 7.84. The summed E-state index contributed by atoms with van der Waals surface area (Å²) in [6.07, 6.45) is 1.53. The van der Waals surface area contributed by atoms with Crippen molar-refractivity contribution in [2.45, 2.75) is 39.7 Å². The van der Waals surface area contributed by atoms with Crippen LogP contribution in [0.25, 0.3) is 10.9 Å². The zero-order chi connectivity index (χ0) is 22.2. The Balaban J connectivity index is 1.59. The molecule has 0 atom stereocenters. The molecule has 1 heterocycles. The molecule has 0 aliphatic rings. The van der Waals surface area contributed by atoms with E-state index in [0.29, 0.717) is 36.7 Å². The Morgan fingerprint density at radius 2 is 1.77 bits per heavy atom. The summed E-state index contributed by atoms with van der Waals surface area (Å²) in [7, 11) is 0. The van der Waals surface area contributed by atoms with Crippen molar-refractivity contribution in [2.75, 3.05) is 6.54 Å². The molecule has 0 saturated carbocycles. The average Bonchev–Trinajstić information content (AvgIpc) is 3.04. The summed E-state index contributed by atoms with van der Waals surface area (Å²) < 4.78 is 1.81. The maximum Gasteiger partial charge on any atom is 0.264 e. The van der Waals surface area contributed by atoms with Gasteiger partial charge < -0.3 is 15.0 Å². The molecule has 0 fully saturated rings. The number of rotatable bonds is 9. The Hall–Kier alpha value is -3.48. The molecule has 0 bridgehead atoms. The van der Waals surface area contributed by atoms with Gasteiger partial charge in [0.15, 0.2) is 5.69 Å². The predicted molar refractivity (Wildman–Crippen MR) is 121 cm³/mol. The summed E-state index contributed by atoms with van der Waals surface area (Å²) >= 11 is 0. The number of aryl methyl sites for hydroxylation is 1. The van der Waals surface area contributed by atoms with Crippen LogP contribution in [-0.2, 0) is 11.3 Å². The summed E-state index contributed by atoms with van der Waals surface area (Å²) in [5, 5.41) is 22.1. The third kappa shape index (κ3) is 5.78. The lowest BCUT2D eigenvalue weighted by atomic mass is 10.1. The van der Waals surface area contributed by atoms with Gasteiger partial charge in [0, 0.05) is 30.5 Å². The third-order valence-electron chi connectivity index (χ3n) is 5.00. The molecule has 3 aromatic rings. The second-order valence-corrected chi connectivity index (χ2v) is 7.84. The Morgan fingerprint density at radius 1 is 1.06 bits per heavy atom. The maximum atomic E-state index is 12.1. The van der Waals surface area contributed by atoms with E-state index >= 15 is 0 Å². The lowest BCUT2D eigenvalue weighted by Gasteiger charge is -2.08. The van der Waals surface area contributed by atoms with E-state index in [2.05, 4.69) is 29.4 Å². The van der Waals surface area contributed by atoms with Gasteiger partial charge in [-0.15, -0.1) is 10.2 Å². The van der Waals surface area contributed by atoms with Crippen molar-refractivity contribution in [2.24, 2.45) is 16.1 Å². The molecule has 31 heavy (non-hydrogen) atoms. The number of aromatic hydroxyl groups is 1. The van der Waals surface area contributed by atoms with Gasteiger partial charge in [-0.3, -0.25) is 9.59 Å². The van der Waals surface area contributed by atoms with E-state index in [1.165, 1.54) is 0 Å². The van der Waals surface area contributed by atoms with Gasteiger partial charge in [-0.25, -0.2) is 0 Å². The molecular formula is C24H28N4O3. The highest BCUT2D eigenvalue weighted by atomic mass is 16.3. The van der Waals surface area contributed by atoms with Crippen LogP contribution in [0.5, 0.6) is 5.88 Å². The van der Waals surface area contributed by atoms with Crippen molar-refractivity contribution in [1.29, 1.82) is 0 Å². The van der Waals surface area contributed by atoms with Crippen LogP contribution in [0.1, 0.15) is 43.5 Å². The highest BCUT2D eigenvalue weighted by molar-refractivity contribution is 5.95. The highest BCUT2D eigenvalue weighted by Crippen LogP contribution is 2.39. The normalized spacial score (nSPS) is 11.5. The molecule has 0 aliphatic carbocycles. The Bertz CT molecular complexity index is 1070. The molecule has 2 aromatic carbocycles. The van der Waals surface area contributed by atoms with E-state index in [1.54, 1.807) is 24.3 Å². The van der Waals surface area contributed by atoms with Crippen LogP contribution in [0.2, 0.25) is 0 Å². The van der Waals surface area contributed by atoms with Crippen LogP contribution < -0.4 is 5.32 Å². The molecule has 3 rings (SSSR count). The van der Waals surface area contributed by atoms with Crippen molar-refractivity contribution < 1.29 is 14.7 Å². The molecule has 0 unspecified atom stereocenters. The maximum absolute atomic E-state index is 12.1. The van der Waals surface area contributed by atoms with Gasteiger partial charge >= 0.3 is 0 Å². The minimum absolute atomic E-state index is 0.0218. The van der Waals surface area contributed by atoms with E-state index in [-0.39, 0.29) is 18.2 Å². The molecule has 7 nitrogen and oxygen atoms in total. The number of para-hydroxylation sites is 1. The fraction of sp³-hybridized carbons (Fsp3) is 0.333. The van der Waals surface area contributed by atoms with Crippen molar-refractivity contribution in [1.82, 2.24) is 9.88 Å². The number of nitrogens with one attached hydrogen (secondary N) is 1. The average molecular weight is 421 g/mol. The van der Waals surface area contributed by atoms with Gasteiger partial charge in [-0.1, -0.05) is 50.2 Å². The first kappa shape index (κ1) is 22.2. The minimum Gasteiger partial charge on any atom is -0.493 e. The van der Waals surface area contributed by atoms with Crippen LogP contribution in [0, 0.1) is 5.92 Å². The SMILES string of the molecule is CC(C)CCn1c(O)c(N=NC(=O)CCCNC(=O)c2ccccc2)c2ccccc21. The van der Waals surface area contributed by atoms with Gasteiger partial charge in [0.05, 0.1) is 5.52 Å². The fourth-order valence-corrected chi connectivity index (χ4v) is 3.27. The summed E-state index contributed by atoms with van der Waals surface area (Å²) in [6, 6.07) is 16.5. The van der Waals surface area contributed by atoms with Crippen molar-refractivity contribution in [3.63, 3.8) is 0 Å². The van der Waals surface area contributed by atoms with Crippen LogP contribution in [0.15, 0.2) is 64.8 Å². The van der Waals surface area contributed by atoms with Crippen molar-refractivity contribution >= 4 is 28.4 Å². The second kappa shape index (κ2) is 10.5. The van der Waals surface area contributed by atoms with Crippen LogP contribution in [-0.4, -0.2) is 28.0 Å². The van der Waals surface area contributed by atoms with E-state index in [4.69, 9.17) is 0 Å². The van der Waals surface area contributed by atoms with Gasteiger partial charge in [0.25, 0.3) is 11.8 Å². The van der Waals surface area contributed by atoms with Crippen molar-refractivity contribution in [3.05, 3.63) is 60.2 Å². The standard InChI is InChI=1S/C24H28N4O3/c1-17(2)14-16-28-20-12-7-6-11-19(20)22(24(28)31)27-26-21(29)13-8-15-25-23(30)18-9-4-3-5-10-18/h3-7,9-12,17,31H,8,13-16H2,1-2H3,(H,25,30). The first-order chi connectivity index (χ1) is 15.0. The number of amides is 2. The highest BCUT2D eigenvalue weighted by Gasteiger charge is 2.16. The number of carbonyl (C=O) groups is 2. The van der Waals surface area contributed by atoms with Gasteiger partial charge in [0.1, 0.15) is 0 Å². The quantitative estimate of drug-likeness (QED) is 0.367. The Morgan fingerprint density at radius 3 is 2.52 bits per heavy atom. The molecule has 1 aromatic heterocycles. The topological polar surface area (TPSA) is 96.0 Å². The minimum atomic E-state index is -0.396. The summed E-state index contributed by atoms with van der Waals surface area (Å²) in [5.41, 5.74) is 1.76. The number of carbonyl (C=O) groups excluding carboxylic acids is 2. The summed E-state index contributed by atoms with van der Waals surface area (Å²) in [4.78, 5) is 24.1. The Kier molecular flexibility index (Phi) is 7.54. The lowest BCUT2D eigenvalue weighted by Crippen LogP contribution is -2.24. The first-order valence-corrected chi connectivity index (χ1v) is 10.6. The zero-order valence-electron chi connectivity index (χ0n) is 17.9. The molecule has 162 valence electrons. The molecule has 0 spiro atoms. The van der Waals surface area contributed by atoms with E-state index in [0.717, 1.165) is 17.3 Å². The Labute approximate surface area is 181 Å². The van der Waals surface area contributed by atoms with E-state index in [1.807, 2.05) is 34.9 Å². The molecule has 0 aliphatic heterocycles. The van der Waals surface area contributed by atoms with Crippen LogP contribution in [0.3, 0.4) is 0 Å². The number of azo groups is 1.